The minimum Gasteiger partial charge on any atom is -0.399 e. The SMILES string of the molecule is CC1CSc2cc(N)ccc2NC1=O. The van der Waals surface area contributed by atoms with E-state index in [2.05, 4.69) is 5.32 Å². The van der Waals surface area contributed by atoms with E-state index >= 15 is 0 Å². The number of rotatable bonds is 0. The summed E-state index contributed by atoms with van der Waals surface area (Å²) in [4.78, 5) is 12.6. The maximum atomic E-state index is 11.5. The highest BCUT2D eigenvalue weighted by Gasteiger charge is 2.19. The molecule has 0 aliphatic carbocycles. The lowest BCUT2D eigenvalue weighted by atomic mass is 10.2. The van der Waals surface area contributed by atoms with Crippen molar-refractivity contribution in [1.82, 2.24) is 0 Å². The van der Waals surface area contributed by atoms with Gasteiger partial charge in [0.1, 0.15) is 0 Å². The molecule has 1 aromatic rings. The second kappa shape index (κ2) is 3.53. The molecule has 0 bridgehead atoms. The van der Waals surface area contributed by atoms with Crippen molar-refractivity contribution >= 4 is 29.0 Å². The van der Waals surface area contributed by atoms with E-state index in [1.807, 2.05) is 19.1 Å². The number of hydrogen-bond donors (Lipinski definition) is 2. The molecule has 0 spiro atoms. The van der Waals surface area contributed by atoms with Gasteiger partial charge in [0, 0.05) is 22.3 Å². The highest BCUT2D eigenvalue weighted by atomic mass is 32.2. The lowest BCUT2D eigenvalue weighted by Crippen LogP contribution is -2.20. The van der Waals surface area contributed by atoms with E-state index in [4.69, 9.17) is 5.73 Å². The zero-order valence-corrected chi connectivity index (χ0v) is 8.73. The second-order valence-electron chi connectivity index (χ2n) is 3.46. The van der Waals surface area contributed by atoms with Crippen LogP contribution in [-0.4, -0.2) is 11.7 Å². The van der Waals surface area contributed by atoms with Crippen LogP contribution in [0.15, 0.2) is 23.1 Å². The first-order valence-electron chi connectivity index (χ1n) is 4.50. The Bertz CT molecular complexity index is 378. The van der Waals surface area contributed by atoms with Crippen LogP contribution in [0.1, 0.15) is 6.92 Å². The van der Waals surface area contributed by atoms with Crippen LogP contribution in [0, 0.1) is 5.92 Å². The monoisotopic (exact) mass is 208 g/mol. The number of amides is 1. The molecule has 4 heteroatoms. The van der Waals surface area contributed by atoms with Crippen molar-refractivity contribution in [2.45, 2.75) is 11.8 Å². The van der Waals surface area contributed by atoms with Crippen LogP contribution >= 0.6 is 11.8 Å². The number of benzene rings is 1. The maximum Gasteiger partial charge on any atom is 0.228 e. The Labute approximate surface area is 87.1 Å². The first-order valence-corrected chi connectivity index (χ1v) is 5.48. The fraction of sp³-hybridized carbons (Fsp3) is 0.300. The van der Waals surface area contributed by atoms with Gasteiger partial charge in [-0.25, -0.2) is 0 Å². The summed E-state index contributed by atoms with van der Waals surface area (Å²) in [5.41, 5.74) is 7.29. The van der Waals surface area contributed by atoms with E-state index < -0.39 is 0 Å². The van der Waals surface area contributed by atoms with Crippen LogP contribution < -0.4 is 11.1 Å². The summed E-state index contributed by atoms with van der Waals surface area (Å²) in [6, 6.07) is 5.56. The molecule has 2 rings (SSSR count). The fourth-order valence-electron chi connectivity index (χ4n) is 1.31. The molecule has 74 valence electrons. The number of fused-ring (bicyclic) bond motifs is 1. The van der Waals surface area contributed by atoms with Crippen molar-refractivity contribution in [2.75, 3.05) is 16.8 Å². The smallest absolute Gasteiger partial charge is 0.228 e. The number of carbonyl (C=O) groups is 1. The molecule has 1 unspecified atom stereocenters. The normalized spacial score (nSPS) is 20.9. The summed E-state index contributed by atoms with van der Waals surface area (Å²) in [6.07, 6.45) is 0. The molecular formula is C10H12N2OS. The van der Waals surface area contributed by atoms with Gasteiger partial charge in [0.05, 0.1) is 5.69 Å². The predicted molar refractivity (Wildman–Crippen MR) is 59.4 cm³/mol. The largest absolute Gasteiger partial charge is 0.399 e. The predicted octanol–water partition coefficient (Wildman–Crippen LogP) is 1.95. The second-order valence-corrected chi connectivity index (χ2v) is 4.52. The Morgan fingerprint density at radius 3 is 3.14 bits per heavy atom. The molecule has 1 aromatic carbocycles. The van der Waals surface area contributed by atoms with Crippen molar-refractivity contribution in [2.24, 2.45) is 5.92 Å². The molecule has 14 heavy (non-hydrogen) atoms. The molecule has 0 radical (unpaired) electrons. The quantitative estimate of drug-likeness (QED) is 0.641. The Morgan fingerprint density at radius 1 is 1.57 bits per heavy atom. The molecule has 0 saturated heterocycles. The molecule has 3 nitrogen and oxygen atoms in total. The topological polar surface area (TPSA) is 55.1 Å². The molecule has 1 aliphatic heterocycles. The molecule has 1 atom stereocenters. The zero-order valence-electron chi connectivity index (χ0n) is 7.91. The Balaban J connectivity index is 2.37. The van der Waals surface area contributed by atoms with Gasteiger partial charge in [0.25, 0.3) is 0 Å². The molecule has 1 aliphatic rings. The minimum atomic E-state index is 0.0497. The zero-order chi connectivity index (χ0) is 10.1. The van der Waals surface area contributed by atoms with Crippen molar-refractivity contribution in [3.8, 4) is 0 Å². The number of carbonyl (C=O) groups excluding carboxylic acids is 1. The van der Waals surface area contributed by atoms with Gasteiger partial charge in [-0.05, 0) is 18.2 Å². The van der Waals surface area contributed by atoms with Gasteiger partial charge in [-0.2, -0.15) is 0 Å². The molecule has 1 heterocycles. The third-order valence-electron chi connectivity index (χ3n) is 2.20. The van der Waals surface area contributed by atoms with E-state index in [1.165, 1.54) is 0 Å². The standard InChI is InChI=1S/C10H12N2OS/c1-6-5-14-9-4-7(11)2-3-8(9)12-10(6)13/h2-4,6H,5,11H2,1H3,(H,12,13). The van der Waals surface area contributed by atoms with Crippen LogP contribution in [-0.2, 0) is 4.79 Å². The van der Waals surface area contributed by atoms with Gasteiger partial charge in [-0.1, -0.05) is 6.92 Å². The van der Waals surface area contributed by atoms with Gasteiger partial charge in [-0.3, -0.25) is 4.79 Å². The number of nitrogens with two attached hydrogens (primary N) is 1. The third kappa shape index (κ3) is 1.70. The van der Waals surface area contributed by atoms with Crippen LogP contribution in [0.5, 0.6) is 0 Å². The number of hydrogen-bond acceptors (Lipinski definition) is 3. The van der Waals surface area contributed by atoms with Crippen molar-refractivity contribution in [3.63, 3.8) is 0 Å². The van der Waals surface area contributed by atoms with E-state index in [-0.39, 0.29) is 11.8 Å². The van der Waals surface area contributed by atoms with Crippen LogP contribution in [0.4, 0.5) is 11.4 Å². The van der Waals surface area contributed by atoms with Crippen molar-refractivity contribution in [1.29, 1.82) is 0 Å². The Morgan fingerprint density at radius 2 is 2.36 bits per heavy atom. The van der Waals surface area contributed by atoms with Crippen LogP contribution in [0.2, 0.25) is 0 Å². The highest BCUT2D eigenvalue weighted by molar-refractivity contribution is 7.99. The Kier molecular flexibility index (Phi) is 2.37. The first-order chi connectivity index (χ1) is 6.66. The lowest BCUT2D eigenvalue weighted by molar-refractivity contribution is -0.118. The highest BCUT2D eigenvalue weighted by Crippen LogP contribution is 2.33. The number of thioether (sulfide) groups is 1. The van der Waals surface area contributed by atoms with Gasteiger partial charge >= 0.3 is 0 Å². The molecular weight excluding hydrogens is 196 g/mol. The molecule has 0 fully saturated rings. The number of anilines is 2. The average Bonchev–Trinajstić information content (AvgIpc) is 2.29. The van der Waals surface area contributed by atoms with E-state index in [0.29, 0.717) is 0 Å². The van der Waals surface area contributed by atoms with E-state index in [1.54, 1.807) is 17.8 Å². The molecule has 1 amide bonds. The van der Waals surface area contributed by atoms with Gasteiger partial charge in [0.2, 0.25) is 5.91 Å². The van der Waals surface area contributed by atoms with Gasteiger partial charge in [0.15, 0.2) is 0 Å². The summed E-state index contributed by atoms with van der Waals surface area (Å²) < 4.78 is 0. The Hall–Kier alpha value is -1.16. The molecule has 0 saturated carbocycles. The summed E-state index contributed by atoms with van der Waals surface area (Å²) in [7, 11) is 0. The van der Waals surface area contributed by atoms with Crippen molar-refractivity contribution < 1.29 is 4.79 Å². The molecule has 3 N–H and O–H groups in total. The summed E-state index contributed by atoms with van der Waals surface area (Å²) in [6.45, 7) is 1.93. The lowest BCUT2D eigenvalue weighted by Gasteiger charge is -2.06. The summed E-state index contributed by atoms with van der Waals surface area (Å²) in [5.74, 6) is 0.942. The summed E-state index contributed by atoms with van der Waals surface area (Å²) >= 11 is 1.67. The number of nitrogen functional groups attached to an aromatic ring is 1. The minimum absolute atomic E-state index is 0.0497. The van der Waals surface area contributed by atoms with Crippen LogP contribution in [0.3, 0.4) is 0 Å². The van der Waals surface area contributed by atoms with E-state index in [9.17, 15) is 4.79 Å². The van der Waals surface area contributed by atoms with Crippen molar-refractivity contribution in [3.05, 3.63) is 18.2 Å². The first kappa shape index (κ1) is 9.40. The third-order valence-corrected chi connectivity index (χ3v) is 3.52. The fourth-order valence-corrected chi connectivity index (χ4v) is 2.38. The molecule has 0 aromatic heterocycles. The number of nitrogens with one attached hydrogen (secondary N) is 1. The van der Waals surface area contributed by atoms with Crippen LogP contribution in [0.25, 0.3) is 0 Å². The maximum absolute atomic E-state index is 11.5. The van der Waals surface area contributed by atoms with Gasteiger partial charge in [-0.15, -0.1) is 11.8 Å². The average molecular weight is 208 g/mol. The van der Waals surface area contributed by atoms with Gasteiger partial charge < -0.3 is 11.1 Å². The summed E-state index contributed by atoms with van der Waals surface area (Å²) in [5, 5.41) is 2.88. The van der Waals surface area contributed by atoms with E-state index in [0.717, 1.165) is 22.0 Å².